The van der Waals surface area contributed by atoms with Gasteiger partial charge in [0.15, 0.2) is 5.78 Å². The maximum absolute atomic E-state index is 12.1. The summed E-state index contributed by atoms with van der Waals surface area (Å²) < 4.78 is 0. The Kier molecular flexibility index (Phi) is 3.85. The number of ketones is 1. The highest BCUT2D eigenvalue weighted by Gasteiger charge is 2.27. The van der Waals surface area contributed by atoms with Crippen LogP contribution in [-0.4, -0.2) is 30.3 Å². The molecule has 0 amide bonds. The number of carbonyl (C=O) groups is 1. The minimum absolute atomic E-state index is 0.161. The van der Waals surface area contributed by atoms with Crippen LogP contribution < -0.4 is 0 Å². The Hall–Kier alpha value is -0.860. The fraction of sp³-hybridized carbons (Fsp3) is 0.500. The molecule has 2 atom stereocenters. The zero-order valence-corrected chi connectivity index (χ0v) is 11.1. The smallest absolute Gasteiger partial charge is 0.176 e. The molecule has 92 valence electrons. The third kappa shape index (κ3) is 3.08. The van der Waals surface area contributed by atoms with E-state index in [1.54, 1.807) is 12.1 Å². The van der Waals surface area contributed by atoms with Crippen LogP contribution in [0.15, 0.2) is 24.3 Å². The van der Waals surface area contributed by atoms with E-state index in [1.165, 1.54) is 0 Å². The SMILES string of the molecule is CC1CN(CC(=O)c2cccc(Cl)c2)CC1C. The second kappa shape index (κ2) is 5.19. The zero-order valence-electron chi connectivity index (χ0n) is 10.3. The first-order chi connectivity index (χ1) is 8.06. The van der Waals surface area contributed by atoms with Gasteiger partial charge in [-0.05, 0) is 24.0 Å². The summed E-state index contributed by atoms with van der Waals surface area (Å²) >= 11 is 5.89. The number of rotatable bonds is 3. The average Bonchev–Trinajstić information content (AvgIpc) is 2.58. The number of carbonyl (C=O) groups excluding carboxylic acids is 1. The van der Waals surface area contributed by atoms with E-state index in [1.807, 2.05) is 12.1 Å². The molecule has 17 heavy (non-hydrogen) atoms. The van der Waals surface area contributed by atoms with Gasteiger partial charge in [0.2, 0.25) is 0 Å². The van der Waals surface area contributed by atoms with Crippen LogP contribution in [0.3, 0.4) is 0 Å². The van der Waals surface area contributed by atoms with Crippen molar-refractivity contribution >= 4 is 17.4 Å². The molecule has 1 saturated heterocycles. The maximum Gasteiger partial charge on any atom is 0.176 e. The first-order valence-corrected chi connectivity index (χ1v) is 6.45. The number of nitrogens with zero attached hydrogens (tertiary/aromatic N) is 1. The van der Waals surface area contributed by atoms with Gasteiger partial charge in [0.1, 0.15) is 0 Å². The molecule has 1 aliphatic heterocycles. The molecule has 0 aromatic heterocycles. The van der Waals surface area contributed by atoms with Crippen molar-refractivity contribution < 1.29 is 4.79 Å². The summed E-state index contributed by atoms with van der Waals surface area (Å²) in [6.07, 6.45) is 0. The lowest BCUT2D eigenvalue weighted by molar-refractivity contribution is 0.0942. The largest absolute Gasteiger partial charge is 0.295 e. The molecule has 1 aromatic carbocycles. The van der Waals surface area contributed by atoms with Crippen LogP contribution in [0.4, 0.5) is 0 Å². The summed E-state index contributed by atoms with van der Waals surface area (Å²) in [5.74, 6) is 1.53. The molecule has 0 spiro atoms. The molecule has 1 aromatic rings. The van der Waals surface area contributed by atoms with Gasteiger partial charge in [0, 0.05) is 23.7 Å². The highest BCUT2D eigenvalue weighted by Crippen LogP contribution is 2.22. The number of Topliss-reactive ketones (excluding diaryl/α,β-unsaturated/α-hetero) is 1. The fourth-order valence-corrected chi connectivity index (χ4v) is 2.52. The third-order valence-corrected chi connectivity index (χ3v) is 3.81. The quantitative estimate of drug-likeness (QED) is 0.770. The number of likely N-dealkylation sites (tertiary alicyclic amines) is 1. The predicted octanol–water partition coefficient (Wildman–Crippen LogP) is 3.11. The minimum Gasteiger partial charge on any atom is -0.295 e. The Morgan fingerprint density at radius 1 is 1.35 bits per heavy atom. The molecule has 0 bridgehead atoms. The van der Waals surface area contributed by atoms with Crippen molar-refractivity contribution in [3.63, 3.8) is 0 Å². The Labute approximate surface area is 108 Å². The second-order valence-electron chi connectivity index (χ2n) is 5.08. The molecule has 0 radical (unpaired) electrons. The van der Waals surface area contributed by atoms with Gasteiger partial charge in [-0.3, -0.25) is 9.69 Å². The van der Waals surface area contributed by atoms with E-state index < -0.39 is 0 Å². The third-order valence-electron chi connectivity index (χ3n) is 3.58. The fourth-order valence-electron chi connectivity index (χ4n) is 2.33. The van der Waals surface area contributed by atoms with E-state index in [0.29, 0.717) is 29.0 Å². The van der Waals surface area contributed by atoms with Crippen molar-refractivity contribution in [1.82, 2.24) is 4.90 Å². The second-order valence-corrected chi connectivity index (χ2v) is 5.52. The Bertz CT molecular complexity index is 408. The van der Waals surface area contributed by atoms with Crippen molar-refractivity contribution in [3.8, 4) is 0 Å². The van der Waals surface area contributed by atoms with Gasteiger partial charge in [-0.25, -0.2) is 0 Å². The van der Waals surface area contributed by atoms with Crippen LogP contribution in [0, 0.1) is 11.8 Å². The number of hydrogen-bond acceptors (Lipinski definition) is 2. The van der Waals surface area contributed by atoms with Gasteiger partial charge in [-0.15, -0.1) is 0 Å². The van der Waals surface area contributed by atoms with Gasteiger partial charge in [0.05, 0.1) is 6.54 Å². The van der Waals surface area contributed by atoms with Crippen LogP contribution in [0.1, 0.15) is 24.2 Å². The van der Waals surface area contributed by atoms with Crippen LogP contribution >= 0.6 is 11.6 Å². The standard InChI is InChI=1S/C14H18ClNO/c1-10-7-16(8-11(10)2)9-14(17)12-4-3-5-13(15)6-12/h3-6,10-11H,7-9H2,1-2H3. The molecule has 1 fully saturated rings. The molecular weight excluding hydrogens is 234 g/mol. The minimum atomic E-state index is 0.161. The first-order valence-electron chi connectivity index (χ1n) is 6.07. The molecule has 1 aliphatic rings. The van der Waals surface area contributed by atoms with E-state index >= 15 is 0 Å². The highest BCUT2D eigenvalue weighted by molar-refractivity contribution is 6.31. The molecule has 2 rings (SSSR count). The number of hydrogen-bond donors (Lipinski definition) is 0. The summed E-state index contributed by atoms with van der Waals surface area (Å²) in [7, 11) is 0. The van der Waals surface area contributed by atoms with Crippen molar-refractivity contribution in [2.75, 3.05) is 19.6 Å². The molecule has 0 saturated carbocycles. The van der Waals surface area contributed by atoms with E-state index in [2.05, 4.69) is 18.7 Å². The van der Waals surface area contributed by atoms with Crippen molar-refractivity contribution in [3.05, 3.63) is 34.9 Å². The lowest BCUT2D eigenvalue weighted by Crippen LogP contribution is -2.28. The molecule has 0 aliphatic carbocycles. The van der Waals surface area contributed by atoms with Crippen LogP contribution in [0.25, 0.3) is 0 Å². The van der Waals surface area contributed by atoms with Crippen LogP contribution in [-0.2, 0) is 0 Å². The van der Waals surface area contributed by atoms with E-state index in [0.717, 1.165) is 13.1 Å². The zero-order chi connectivity index (χ0) is 12.4. The summed E-state index contributed by atoms with van der Waals surface area (Å²) in [6, 6.07) is 7.19. The molecular formula is C14H18ClNO. The summed E-state index contributed by atoms with van der Waals surface area (Å²) in [4.78, 5) is 14.3. The Balaban J connectivity index is 1.98. The van der Waals surface area contributed by atoms with Gasteiger partial charge < -0.3 is 0 Å². The first kappa shape index (κ1) is 12.6. The number of benzene rings is 1. The Morgan fingerprint density at radius 3 is 2.59 bits per heavy atom. The topological polar surface area (TPSA) is 20.3 Å². The maximum atomic E-state index is 12.1. The highest BCUT2D eigenvalue weighted by atomic mass is 35.5. The van der Waals surface area contributed by atoms with E-state index in [4.69, 9.17) is 11.6 Å². The lowest BCUT2D eigenvalue weighted by Gasteiger charge is -2.14. The average molecular weight is 252 g/mol. The van der Waals surface area contributed by atoms with Gasteiger partial charge in [-0.1, -0.05) is 37.6 Å². The monoisotopic (exact) mass is 251 g/mol. The van der Waals surface area contributed by atoms with Crippen LogP contribution in [0.5, 0.6) is 0 Å². The van der Waals surface area contributed by atoms with E-state index in [9.17, 15) is 4.79 Å². The van der Waals surface area contributed by atoms with Crippen LogP contribution in [0.2, 0.25) is 5.02 Å². The summed E-state index contributed by atoms with van der Waals surface area (Å²) in [6.45, 7) is 7.04. The summed E-state index contributed by atoms with van der Waals surface area (Å²) in [5, 5.41) is 0.624. The molecule has 2 nitrogen and oxygen atoms in total. The van der Waals surface area contributed by atoms with Crippen molar-refractivity contribution in [2.45, 2.75) is 13.8 Å². The molecule has 2 unspecified atom stereocenters. The predicted molar refractivity (Wildman–Crippen MR) is 70.6 cm³/mol. The number of halogens is 1. The lowest BCUT2D eigenvalue weighted by atomic mass is 10.0. The normalized spacial score (nSPS) is 25.1. The van der Waals surface area contributed by atoms with Gasteiger partial charge in [-0.2, -0.15) is 0 Å². The van der Waals surface area contributed by atoms with Crippen molar-refractivity contribution in [2.24, 2.45) is 11.8 Å². The molecule has 3 heteroatoms. The van der Waals surface area contributed by atoms with Crippen molar-refractivity contribution in [1.29, 1.82) is 0 Å². The van der Waals surface area contributed by atoms with Gasteiger partial charge in [0.25, 0.3) is 0 Å². The van der Waals surface area contributed by atoms with Gasteiger partial charge >= 0.3 is 0 Å². The molecule has 1 heterocycles. The van der Waals surface area contributed by atoms with E-state index in [-0.39, 0.29) is 5.78 Å². The Morgan fingerprint density at radius 2 is 2.00 bits per heavy atom. The molecule has 0 N–H and O–H groups in total. The summed E-state index contributed by atoms with van der Waals surface area (Å²) in [5.41, 5.74) is 0.713.